The fraction of sp³-hybridized carbons (Fsp3) is 0.375. The Morgan fingerprint density at radius 2 is 2.23 bits per heavy atom. The van der Waals surface area contributed by atoms with Gasteiger partial charge in [0.2, 0.25) is 0 Å². The molecule has 2 aromatic rings. The highest BCUT2D eigenvalue weighted by molar-refractivity contribution is 8.04. The smallest absolute Gasteiger partial charge is 0.258 e. The summed E-state index contributed by atoms with van der Waals surface area (Å²) in [4.78, 5) is 14.3. The fourth-order valence-corrected chi connectivity index (χ4v) is 4.09. The van der Waals surface area contributed by atoms with E-state index in [4.69, 9.17) is 0 Å². The molecule has 1 aromatic heterocycles. The number of nitrogens with zero attached hydrogens (tertiary/aromatic N) is 1. The standard InChI is InChI=1S/C16H18N4OS/c21-16(18-9-10-4-6-17-7-5-10)14-8-12-15-11(19-20-12)2-1-3-13(15)22-14/h1-3,8,10,17H,4-7,9H2,(H,18,21)(H,19,20). The molecule has 0 bridgehead atoms. The molecule has 2 aliphatic rings. The summed E-state index contributed by atoms with van der Waals surface area (Å²) in [5.41, 5.74) is 1.88. The Morgan fingerprint density at radius 3 is 3.09 bits per heavy atom. The van der Waals surface area contributed by atoms with Crippen LogP contribution >= 0.6 is 11.8 Å². The van der Waals surface area contributed by atoms with Crippen LogP contribution in [0.15, 0.2) is 28.0 Å². The Kier molecular flexibility index (Phi) is 3.63. The molecule has 1 fully saturated rings. The largest absolute Gasteiger partial charge is 0.351 e. The summed E-state index contributed by atoms with van der Waals surface area (Å²) in [5.74, 6) is 0.603. The molecular weight excluding hydrogens is 296 g/mol. The Bertz CT molecular complexity index is 746. The van der Waals surface area contributed by atoms with E-state index in [2.05, 4.69) is 20.8 Å². The summed E-state index contributed by atoms with van der Waals surface area (Å²) in [6.07, 6.45) is 4.18. The van der Waals surface area contributed by atoms with Crippen molar-refractivity contribution in [2.24, 2.45) is 5.92 Å². The van der Waals surface area contributed by atoms with Crippen LogP contribution in [0.4, 0.5) is 0 Å². The molecule has 0 spiro atoms. The van der Waals surface area contributed by atoms with Crippen molar-refractivity contribution in [2.45, 2.75) is 17.7 Å². The maximum absolute atomic E-state index is 12.4. The van der Waals surface area contributed by atoms with E-state index < -0.39 is 0 Å². The predicted molar refractivity (Wildman–Crippen MR) is 88.5 cm³/mol. The first-order chi connectivity index (χ1) is 10.8. The minimum Gasteiger partial charge on any atom is -0.351 e. The molecule has 3 heterocycles. The van der Waals surface area contributed by atoms with Crippen LogP contribution < -0.4 is 10.6 Å². The second-order valence-corrected chi connectivity index (χ2v) is 6.89. The van der Waals surface area contributed by atoms with Gasteiger partial charge in [0, 0.05) is 16.8 Å². The molecule has 6 heteroatoms. The van der Waals surface area contributed by atoms with Gasteiger partial charge in [0.1, 0.15) is 0 Å². The van der Waals surface area contributed by atoms with Crippen molar-refractivity contribution in [3.63, 3.8) is 0 Å². The Balaban J connectivity index is 1.49. The zero-order chi connectivity index (χ0) is 14.9. The first kappa shape index (κ1) is 13.8. The number of carbonyl (C=O) groups is 1. The minimum absolute atomic E-state index is 0.0146. The molecule has 1 aromatic carbocycles. The number of hydrogen-bond acceptors (Lipinski definition) is 4. The van der Waals surface area contributed by atoms with Crippen molar-refractivity contribution >= 4 is 34.6 Å². The highest BCUT2D eigenvalue weighted by atomic mass is 32.2. The van der Waals surface area contributed by atoms with Gasteiger partial charge in [-0.2, -0.15) is 5.10 Å². The van der Waals surface area contributed by atoms with Crippen molar-refractivity contribution in [1.82, 2.24) is 20.8 Å². The van der Waals surface area contributed by atoms with E-state index in [1.165, 1.54) is 11.8 Å². The van der Waals surface area contributed by atoms with Crippen LogP contribution in [0.5, 0.6) is 0 Å². The maximum Gasteiger partial charge on any atom is 0.258 e. The molecule has 4 rings (SSSR count). The van der Waals surface area contributed by atoms with E-state index in [0.717, 1.165) is 58.9 Å². The molecule has 0 radical (unpaired) electrons. The van der Waals surface area contributed by atoms with Crippen LogP contribution in [0.25, 0.3) is 17.0 Å². The van der Waals surface area contributed by atoms with Gasteiger partial charge in [-0.15, -0.1) is 0 Å². The molecule has 3 N–H and O–H groups in total. The second kappa shape index (κ2) is 5.78. The number of nitrogens with one attached hydrogen (secondary N) is 3. The molecule has 0 aliphatic carbocycles. The molecule has 114 valence electrons. The molecule has 1 amide bonds. The summed E-state index contributed by atoms with van der Waals surface area (Å²) >= 11 is 1.53. The van der Waals surface area contributed by atoms with Crippen LogP contribution in [0, 0.1) is 5.92 Å². The number of hydrogen-bond donors (Lipinski definition) is 3. The number of aromatic nitrogens is 2. The predicted octanol–water partition coefficient (Wildman–Crippen LogP) is 2.13. The lowest BCUT2D eigenvalue weighted by molar-refractivity contribution is -0.116. The number of carbonyl (C=O) groups excluding carboxylic acids is 1. The third kappa shape index (κ3) is 2.53. The van der Waals surface area contributed by atoms with E-state index in [1.54, 1.807) is 0 Å². The van der Waals surface area contributed by atoms with E-state index in [1.807, 2.05) is 24.3 Å². The molecule has 2 aliphatic heterocycles. The van der Waals surface area contributed by atoms with Gasteiger partial charge >= 0.3 is 0 Å². The van der Waals surface area contributed by atoms with Crippen molar-refractivity contribution in [1.29, 1.82) is 0 Å². The zero-order valence-electron chi connectivity index (χ0n) is 12.2. The average Bonchev–Trinajstić information content (AvgIpc) is 2.98. The van der Waals surface area contributed by atoms with Crippen molar-refractivity contribution < 1.29 is 4.79 Å². The first-order valence-electron chi connectivity index (χ1n) is 7.67. The number of piperidine rings is 1. The summed E-state index contributed by atoms with van der Waals surface area (Å²) < 4.78 is 0. The molecule has 1 saturated heterocycles. The number of rotatable bonds is 3. The Labute approximate surface area is 132 Å². The Morgan fingerprint density at radius 1 is 1.36 bits per heavy atom. The van der Waals surface area contributed by atoms with Gasteiger partial charge in [0.15, 0.2) is 0 Å². The summed E-state index contributed by atoms with van der Waals surface area (Å²) in [7, 11) is 0. The summed E-state index contributed by atoms with van der Waals surface area (Å²) in [6, 6.07) is 6.00. The second-order valence-electron chi connectivity index (χ2n) is 5.80. The molecule has 0 unspecified atom stereocenters. The van der Waals surface area contributed by atoms with Crippen molar-refractivity contribution in [3.8, 4) is 0 Å². The average molecular weight is 314 g/mol. The van der Waals surface area contributed by atoms with E-state index >= 15 is 0 Å². The molecule has 22 heavy (non-hydrogen) atoms. The van der Waals surface area contributed by atoms with Gasteiger partial charge in [0.05, 0.1) is 16.1 Å². The number of amides is 1. The molecule has 0 saturated carbocycles. The van der Waals surface area contributed by atoms with Gasteiger partial charge in [-0.25, -0.2) is 0 Å². The number of aromatic amines is 1. The van der Waals surface area contributed by atoms with Gasteiger partial charge in [0.25, 0.3) is 5.91 Å². The van der Waals surface area contributed by atoms with E-state index in [0.29, 0.717) is 5.92 Å². The van der Waals surface area contributed by atoms with Crippen molar-refractivity contribution in [2.75, 3.05) is 19.6 Å². The zero-order valence-corrected chi connectivity index (χ0v) is 13.0. The molecule has 0 atom stereocenters. The molecular formula is C16H18N4OS. The first-order valence-corrected chi connectivity index (χ1v) is 8.48. The third-order valence-corrected chi connectivity index (χ3v) is 5.38. The third-order valence-electron chi connectivity index (χ3n) is 4.30. The normalized spacial score (nSPS) is 18.3. The SMILES string of the molecule is O=C(NCC1CCNCC1)C1=Cc2[nH]nc3cccc(c23)S1. The topological polar surface area (TPSA) is 69.8 Å². The van der Waals surface area contributed by atoms with Crippen LogP contribution in [-0.2, 0) is 4.79 Å². The maximum atomic E-state index is 12.4. The lowest BCUT2D eigenvalue weighted by Crippen LogP contribution is -2.36. The molecule has 5 nitrogen and oxygen atoms in total. The van der Waals surface area contributed by atoms with Gasteiger partial charge in [-0.05, 0) is 50.1 Å². The minimum atomic E-state index is 0.0146. The monoisotopic (exact) mass is 314 g/mol. The van der Waals surface area contributed by atoms with E-state index in [9.17, 15) is 4.79 Å². The van der Waals surface area contributed by atoms with Crippen LogP contribution in [0.2, 0.25) is 0 Å². The highest BCUT2D eigenvalue weighted by Crippen LogP contribution is 2.39. The van der Waals surface area contributed by atoms with Gasteiger partial charge in [-0.1, -0.05) is 17.8 Å². The number of H-pyrrole nitrogens is 1. The van der Waals surface area contributed by atoms with Gasteiger partial charge < -0.3 is 10.6 Å². The number of thioether (sulfide) groups is 1. The number of benzene rings is 1. The van der Waals surface area contributed by atoms with Crippen LogP contribution in [0.3, 0.4) is 0 Å². The van der Waals surface area contributed by atoms with Gasteiger partial charge in [-0.3, -0.25) is 9.89 Å². The quantitative estimate of drug-likeness (QED) is 0.812. The van der Waals surface area contributed by atoms with E-state index in [-0.39, 0.29) is 5.91 Å². The summed E-state index contributed by atoms with van der Waals surface area (Å²) in [5, 5.41) is 14.8. The Hall–Kier alpha value is -1.79. The van der Waals surface area contributed by atoms with Crippen molar-refractivity contribution in [3.05, 3.63) is 28.8 Å². The summed E-state index contributed by atoms with van der Waals surface area (Å²) in [6.45, 7) is 2.87. The lowest BCUT2D eigenvalue weighted by atomic mass is 9.98. The van der Waals surface area contributed by atoms with Crippen LogP contribution in [0.1, 0.15) is 18.5 Å². The highest BCUT2D eigenvalue weighted by Gasteiger charge is 2.22. The van der Waals surface area contributed by atoms with Crippen LogP contribution in [-0.4, -0.2) is 35.7 Å². The lowest BCUT2D eigenvalue weighted by Gasteiger charge is -2.23. The fourth-order valence-electron chi connectivity index (χ4n) is 3.05.